The van der Waals surface area contributed by atoms with E-state index in [1.54, 1.807) is 25.3 Å². The summed E-state index contributed by atoms with van der Waals surface area (Å²) in [6, 6.07) is 12.6. The number of amides is 1. The largest absolute Gasteiger partial charge is 0.497 e. The van der Waals surface area contributed by atoms with Gasteiger partial charge in [0.25, 0.3) is 5.91 Å². The number of carbonyl (C=O) groups is 1. The number of hydrogen-bond acceptors (Lipinski definition) is 4. The van der Waals surface area contributed by atoms with Crippen molar-refractivity contribution in [1.82, 2.24) is 5.32 Å². The van der Waals surface area contributed by atoms with E-state index in [0.29, 0.717) is 30.8 Å². The van der Waals surface area contributed by atoms with Gasteiger partial charge in [0.1, 0.15) is 5.75 Å². The normalized spacial score (nSPS) is 13.4. The summed E-state index contributed by atoms with van der Waals surface area (Å²) in [5, 5.41) is 2.87. The standard InChI is InChI=1S/C18H20N2O4S/c1-24-16-6-3-13(4-7-16)12-19-18(21)15-5-8-17-14(11-15)9-10-20(17)25(2,22)23/h3-8,11H,9-10,12H2,1-2H3,(H,19,21). The average molecular weight is 360 g/mol. The lowest BCUT2D eigenvalue weighted by atomic mass is 10.1. The van der Waals surface area contributed by atoms with Crippen LogP contribution in [0.3, 0.4) is 0 Å². The molecule has 0 atom stereocenters. The summed E-state index contributed by atoms with van der Waals surface area (Å²) in [6.07, 6.45) is 1.81. The van der Waals surface area contributed by atoms with Gasteiger partial charge >= 0.3 is 0 Å². The molecule has 7 heteroatoms. The Morgan fingerprint density at radius 3 is 2.56 bits per heavy atom. The molecule has 0 fully saturated rings. The molecule has 0 radical (unpaired) electrons. The number of sulfonamides is 1. The first-order valence-corrected chi connectivity index (χ1v) is 9.75. The van der Waals surface area contributed by atoms with Gasteiger partial charge in [0.15, 0.2) is 0 Å². The summed E-state index contributed by atoms with van der Waals surface area (Å²) in [4.78, 5) is 12.4. The van der Waals surface area contributed by atoms with Gasteiger partial charge in [-0.3, -0.25) is 9.10 Å². The minimum Gasteiger partial charge on any atom is -0.497 e. The number of fused-ring (bicyclic) bond motifs is 1. The second-order valence-corrected chi connectivity index (χ2v) is 7.87. The van der Waals surface area contributed by atoms with Crippen molar-refractivity contribution in [2.24, 2.45) is 0 Å². The number of nitrogens with one attached hydrogen (secondary N) is 1. The fourth-order valence-electron chi connectivity index (χ4n) is 2.89. The second kappa shape index (κ2) is 6.76. The molecule has 0 bridgehead atoms. The Labute approximate surface area is 147 Å². The average Bonchev–Trinajstić information content (AvgIpc) is 3.03. The molecule has 1 amide bonds. The Morgan fingerprint density at radius 2 is 1.92 bits per heavy atom. The molecule has 0 saturated heterocycles. The zero-order valence-corrected chi connectivity index (χ0v) is 15.0. The zero-order chi connectivity index (χ0) is 18.0. The van der Waals surface area contributed by atoms with Crippen molar-refractivity contribution in [3.63, 3.8) is 0 Å². The smallest absolute Gasteiger partial charge is 0.251 e. The first-order valence-electron chi connectivity index (χ1n) is 7.90. The number of methoxy groups -OCH3 is 1. The third-order valence-corrected chi connectivity index (χ3v) is 5.39. The van der Waals surface area contributed by atoms with E-state index in [2.05, 4.69) is 5.32 Å². The van der Waals surface area contributed by atoms with Crippen LogP contribution in [0.5, 0.6) is 5.75 Å². The summed E-state index contributed by atoms with van der Waals surface area (Å²) in [5.74, 6) is 0.584. The molecular weight excluding hydrogens is 340 g/mol. The van der Waals surface area contributed by atoms with E-state index >= 15 is 0 Å². The van der Waals surface area contributed by atoms with Crippen molar-refractivity contribution in [3.05, 3.63) is 59.2 Å². The molecule has 1 heterocycles. The van der Waals surface area contributed by atoms with Crippen molar-refractivity contribution in [1.29, 1.82) is 0 Å². The molecule has 3 rings (SSSR count). The van der Waals surface area contributed by atoms with E-state index < -0.39 is 10.0 Å². The van der Waals surface area contributed by atoms with Crippen LogP contribution in [0.4, 0.5) is 5.69 Å². The van der Waals surface area contributed by atoms with Crippen molar-refractivity contribution in [2.45, 2.75) is 13.0 Å². The number of rotatable bonds is 5. The number of anilines is 1. The van der Waals surface area contributed by atoms with Crippen LogP contribution in [0.15, 0.2) is 42.5 Å². The maximum atomic E-state index is 12.4. The van der Waals surface area contributed by atoms with E-state index in [-0.39, 0.29) is 5.91 Å². The predicted octanol–water partition coefficient (Wildman–Crippen LogP) is 1.95. The molecular formula is C18H20N2O4S. The lowest BCUT2D eigenvalue weighted by Gasteiger charge is -2.16. The molecule has 1 N–H and O–H groups in total. The number of hydrogen-bond donors (Lipinski definition) is 1. The SMILES string of the molecule is COc1ccc(CNC(=O)c2ccc3c(c2)CCN3S(C)(=O)=O)cc1. The Bertz CT molecular complexity index is 892. The Balaban J connectivity index is 1.69. The van der Waals surface area contributed by atoms with Gasteiger partial charge in [0, 0.05) is 18.7 Å². The van der Waals surface area contributed by atoms with E-state index in [4.69, 9.17) is 4.74 Å². The summed E-state index contributed by atoms with van der Waals surface area (Å²) in [7, 11) is -1.67. The molecule has 0 aromatic heterocycles. The molecule has 0 saturated carbocycles. The molecule has 132 valence electrons. The fraction of sp³-hybridized carbons (Fsp3) is 0.278. The highest BCUT2D eigenvalue weighted by molar-refractivity contribution is 7.92. The van der Waals surface area contributed by atoms with Gasteiger partial charge in [0.05, 0.1) is 19.1 Å². The maximum Gasteiger partial charge on any atom is 0.251 e. The second-order valence-electron chi connectivity index (χ2n) is 5.96. The molecule has 2 aromatic carbocycles. The van der Waals surface area contributed by atoms with Crippen molar-refractivity contribution >= 4 is 21.6 Å². The van der Waals surface area contributed by atoms with Crippen LogP contribution in [0, 0.1) is 0 Å². The summed E-state index contributed by atoms with van der Waals surface area (Å²) in [6.45, 7) is 0.834. The van der Waals surface area contributed by atoms with Gasteiger partial charge in [-0.2, -0.15) is 0 Å². The molecule has 0 unspecified atom stereocenters. The number of benzene rings is 2. The lowest BCUT2D eigenvalue weighted by molar-refractivity contribution is 0.0951. The quantitative estimate of drug-likeness (QED) is 0.884. The number of ether oxygens (including phenoxy) is 1. The van der Waals surface area contributed by atoms with Crippen molar-refractivity contribution < 1.29 is 17.9 Å². The maximum absolute atomic E-state index is 12.4. The molecule has 0 aliphatic carbocycles. The van der Waals surface area contributed by atoms with Crippen molar-refractivity contribution in [2.75, 3.05) is 24.2 Å². The summed E-state index contributed by atoms with van der Waals surface area (Å²) < 4.78 is 30.0. The molecule has 2 aromatic rings. The van der Waals surface area contributed by atoms with Crippen molar-refractivity contribution in [3.8, 4) is 5.75 Å². The number of carbonyl (C=O) groups excluding carboxylic acids is 1. The van der Waals surface area contributed by atoms with E-state index in [1.165, 1.54) is 10.6 Å². The predicted molar refractivity (Wildman–Crippen MR) is 96.5 cm³/mol. The van der Waals surface area contributed by atoms with Gasteiger partial charge in [-0.05, 0) is 47.9 Å². The summed E-state index contributed by atoms with van der Waals surface area (Å²) >= 11 is 0. The first-order chi connectivity index (χ1) is 11.9. The first kappa shape index (κ1) is 17.3. The zero-order valence-electron chi connectivity index (χ0n) is 14.2. The van der Waals surface area contributed by atoms with Crippen LogP contribution in [0.25, 0.3) is 0 Å². The van der Waals surface area contributed by atoms with Crippen LogP contribution in [0.2, 0.25) is 0 Å². The number of nitrogens with zero attached hydrogens (tertiary/aromatic N) is 1. The topological polar surface area (TPSA) is 75.7 Å². The minimum atomic E-state index is -3.28. The molecule has 1 aliphatic rings. The van der Waals surface area contributed by atoms with Gasteiger partial charge in [-0.1, -0.05) is 12.1 Å². The molecule has 6 nitrogen and oxygen atoms in total. The van der Waals surface area contributed by atoms with Gasteiger partial charge < -0.3 is 10.1 Å². The van der Waals surface area contributed by atoms with Crippen LogP contribution < -0.4 is 14.4 Å². The Morgan fingerprint density at radius 1 is 1.20 bits per heavy atom. The van der Waals surface area contributed by atoms with Crippen LogP contribution in [-0.4, -0.2) is 34.2 Å². The van der Waals surface area contributed by atoms with Crippen LogP contribution in [-0.2, 0) is 23.0 Å². The van der Waals surface area contributed by atoms with Gasteiger partial charge in [-0.15, -0.1) is 0 Å². The van der Waals surface area contributed by atoms with Gasteiger partial charge in [-0.25, -0.2) is 8.42 Å². The highest BCUT2D eigenvalue weighted by atomic mass is 32.2. The highest BCUT2D eigenvalue weighted by Crippen LogP contribution is 2.30. The molecule has 1 aliphatic heterocycles. The summed E-state index contributed by atoms with van der Waals surface area (Å²) in [5.41, 5.74) is 3.04. The molecule has 25 heavy (non-hydrogen) atoms. The van der Waals surface area contributed by atoms with Crippen LogP contribution >= 0.6 is 0 Å². The monoisotopic (exact) mass is 360 g/mol. The minimum absolute atomic E-state index is 0.184. The Hall–Kier alpha value is -2.54. The van der Waals surface area contributed by atoms with E-state index in [1.807, 2.05) is 24.3 Å². The third kappa shape index (κ3) is 3.76. The highest BCUT2D eigenvalue weighted by Gasteiger charge is 2.26. The fourth-order valence-corrected chi connectivity index (χ4v) is 3.84. The lowest BCUT2D eigenvalue weighted by Crippen LogP contribution is -2.27. The molecule has 0 spiro atoms. The van der Waals surface area contributed by atoms with E-state index in [0.717, 1.165) is 16.9 Å². The van der Waals surface area contributed by atoms with E-state index in [9.17, 15) is 13.2 Å². The van der Waals surface area contributed by atoms with Crippen LogP contribution in [0.1, 0.15) is 21.5 Å². The Kier molecular flexibility index (Phi) is 4.67. The third-order valence-electron chi connectivity index (χ3n) is 4.21. The van der Waals surface area contributed by atoms with Gasteiger partial charge in [0.2, 0.25) is 10.0 Å².